The van der Waals surface area contributed by atoms with Gasteiger partial charge in [-0.3, -0.25) is 9.69 Å². The number of hydrogen-bond acceptors (Lipinski definition) is 3. The first-order valence-electron chi connectivity index (χ1n) is 8.97. The number of H-pyrrole nitrogens is 1. The Morgan fingerprint density at radius 1 is 1.27 bits per heavy atom. The van der Waals surface area contributed by atoms with Gasteiger partial charge >= 0.3 is 0 Å². The molecule has 26 heavy (non-hydrogen) atoms. The SMILES string of the molecule is COc1c[nH]c(CN2CCCC(CCc3ccc(F)c(F)c3)C2)cc1=O. The quantitative estimate of drug-likeness (QED) is 0.855. The van der Waals surface area contributed by atoms with Crippen molar-refractivity contribution >= 4 is 0 Å². The maximum absolute atomic E-state index is 13.3. The van der Waals surface area contributed by atoms with E-state index in [1.807, 2.05) is 0 Å². The van der Waals surface area contributed by atoms with Gasteiger partial charge in [-0.05, 0) is 55.8 Å². The molecular formula is C20H24F2N2O2. The molecule has 0 radical (unpaired) electrons. The topological polar surface area (TPSA) is 45.3 Å². The zero-order valence-corrected chi connectivity index (χ0v) is 14.9. The smallest absolute Gasteiger partial charge is 0.223 e. The zero-order chi connectivity index (χ0) is 18.5. The van der Waals surface area contributed by atoms with E-state index in [0.717, 1.165) is 50.0 Å². The predicted octanol–water partition coefficient (Wildman–Crippen LogP) is 3.51. The van der Waals surface area contributed by atoms with Crippen LogP contribution in [-0.4, -0.2) is 30.1 Å². The van der Waals surface area contributed by atoms with Crippen LogP contribution < -0.4 is 10.2 Å². The summed E-state index contributed by atoms with van der Waals surface area (Å²) in [6.07, 6.45) is 5.53. The Balaban J connectivity index is 1.54. The molecule has 1 aliphatic heterocycles. The van der Waals surface area contributed by atoms with E-state index in [1.54, 1.807) is 18.3 Å². The molecule has 1 saturated heterocycles. The summed E-state index contributed by atoms with van der Waals surface area (Å²) in [7, 11) is 1.48. The fourth-order valence-electron chi connectivity index (χ4n) is 3.59. The number of likely N-dealkylation sites (tertiary alicyclic amines) is 1. The first-order chi connectivity index (χ1) is 12.5. The molecule has 1 N–H and O–H groups in total. The lowest BCUT2D eigenvalue weighted by Crippen LogP contribution is -2.35. The van der Waals surface area contributed by atoms with Crippen LogP contribution in [0.15, 0.2) is 35.3 Å². The fraction of sp³-hybridized carbons (Fsp3) is 0.450. The summed E-state index contributed by atoms with van der Waals surface area (Å²) in [5, 5.41) is 0. The highest BCUT2D eigenvalue weighted by Gasteiger charge is 2.20. The van der Waals surface area contributed by atoms with Crippen LogP contribution in [0, 0.1) is 17.6 Å². The minimum Gasteiger partial charge on any atom is -0.491 e. The number of ether oxygens (including phenoxy) is 1. The van der Waals surface area contributed by atoms with Gasteiger partial charge in [0.25, 0.3) is 0 Å². The molecule has 0 spiro atoms. The van der Waals surface area contributed by atoms with Crippen molar-refractivity contribution in [3.8, 4) is 5.75 Å². The van der Waals surface area contributed by atoms with Crippen LogP contribution in [0.5, 0.6) is 5.75 Å². The molecule has 0 amide bonds. The molecule has 2 heterocycles. The first-order valence-corrected chi connectivity index (χ1v) is 8.97. The van der Waals surface area contributed by atoms with Crippen LogP contribution >= 0.6 is 0 Å². The van der Waals surface area contributed by atoms with Gasteiger partial charge < -0.3 is 9.72 Å². The van der Waals surface area contributed by atoms with E-state index in [0.29, 0.717) is 18.2 Å². The Bertz CT molecular complexity index is 807. The molecule has 1 aromatic carbocycles. The standard InChI is InChI=1S/C20H24F2N2O2/c1-26-20-11-23-16(10-19(20)25)13-24-8-2-3-15(12-24)5-4-14-6-7-17(21)18(22)9-14/h6-7,9-11,15H,2-5,8,12-13H2,1H3,(H,23,25). The summed E-state index contributed by atoms with van der Waals surface area (Å²) in [6.45, 7) is 2.63. The number of aromatic nitrogens is 1. The number of hydrogen-bond donors (Lipinski definition) is 1. The van der Waals surface area contributed by atoms with Gasteiger partial charge in [0.1, 0.15) is 0 Å². The average Bonchev–Trinajstić information content (AvgIpc) is 2.63. The number of nitrogens with zero attached hydrogens (tertiary/aromatic N) is 1. The van der Waals surface area contributed by atoms with Crippen LogP contribution in [0.2, 0.25) is 0 Å². The van der Waals surface area contributed by atoms with Gasteiger partial charge in [-0.15, -0.1) is 0 Å². The molecule has 140 valence electrons. The molecule has 0 bridgehead atoms. The van der Waals surface area contributed by atoms with Crippen molar-refractivity contribution < 1.29 is 13.5 Å². The number of nitrogens with one attached hydrogen (secondary N) is 1. The van der Waals surface area contributed by atoms with Crippen molar-refractivity contribution in [2.75, 3.05) is 20.2 Å². The maximum atomic E-state index is 13.3. The van der Waals surface area contributed by atoms with Gasteiger partial charge in [-0.1, -0.05) is 6.07 Å². The van der Waals surface area contributed by atoms with Crippen LogP contribution in [0.4, 0.5) is 8.78 Å². The molecule has 1 atom stereocenters. The van der Waals surface area contributed by atoms with E-state index in [2.05, 4.69) is 9.88 Å². The summed E-state index contributed by atoms with van der Waals surface area (Å²) < 4.78 is 31.3. The Morgan fingerprint density at radius 3 is 2.85 bits per heavy atom. The largest absolute Gasteiger partial charge is 0.491 e. The van der Waals surface area contributed by atoms with Gasteiger partial charge in [0.15, 0.2) is 17.4 Å². The number of benzene rings is 1. The van der Waals surface area contributed by atoms with Gasteiger partial charge in [0.2, 0.25) is 5.43 Å². The summed E-state index contributed by atoms with van der Waals surface area (Å²) >= 11 is 0. The van der Waals surface area contributed by atoms with E-state index < -0.39 is 11.6 Å². The van der Waals surface area contributed by atoms with Crippen molar-refractivity contribution in [2.24, 2.45) is 5.92 Å². The van der Waals surface area contributed by atoms with E-state index in [1.165, 1.54) is 19.2 Å². The van der Waals surface area contributed by atoms with Crippen LogP contribution in [-0.2, 0) is 13.0 Å². The Labute approximate surface area is 151 Å². The number of pyridine rings is 1. The highest BCUT2D eigenvalue weighted by molar-refractivity contribution is 5.20. The van der Waals surface area contributed by atoms with Crippen LogP contribution in [0.1, 0.15) is 30.5 Å². The second-order valence-electron chi connectivity index (χ2n) is 6.92. The third-order valence-corrected chi connectivity index (χ3v) is 4.98. The Morgan fingerprint density at radius 2 is 2.12 bits per heavy atom. The molecule has 4 nitrogen and oxygen atoms in total. The second-order valence-corrected chi connectivity index (χ2v) is 6.92. The number of halogens is 2. The number of rotatable bonds is 6. The van der Waals surface area contributed by atoms with Crippen molar-refractivity contribution in [3.05, 3.63) is 63.6 Å². The van der Waals surface area contributed by atoms with Gasteiger partial charge in [0.05, 0.1) is 7.11 Å². The first kappa shape index (κ1) is 18.6. The normalized spacial score (nSPS) is 18.0. The zero-order valence-electron chi connectivity index (χ0n) is 14.9. The monoisotopic (exact) mass is 362 g/mol. The molecule has 0 aliphatic carbocycles. The van der Waals surface area contributed by atoms with Gasteiger partial charge in [0, 0.05) is 31.0 Å². The molecule has 1 fully saturated rings. The van der Waals surface area contributed by atoms with E-state index in [-0.39, 0.29) is 5.43 Å². The third-order valence-electron chi connectivity index (χ3n) is 4.98. The predicted molar refractivity (Wildman–Crippen MR) is 96.3 cm³/mol. The minimum absolute atomic E-state index is 0.117. The number of aryl methyl sites for hydroxylation is 1. The van der Waals surface area contributed by atoms with E-state index in [9.17, 15) is 13.6 Å². The van der Waals surface area contributed by atoms with Gasteiger partial charge in [-0.2, -0.15) is 0 Å². The summed E-state index contributed by atoms with van der Waals surface area (Å²) in [6, 6.07) is 5.72. The summed E-state index contributed by atoms with van der Waals surface area (Å²) in [5.41, 5.74) is 1.59. The molecule has 1 unspecified atom stereocenters. The molecule has 6 heteroatoms. The molecule has 1 aliphatic rings. The third kappa shape index (κ3) is 4.69. The lowest BCUT2D eigenvalue weighted by atomic mass is 9.91. The molecule has 2 aromatic rings. The van der Waals surface area contributed by atoms with E-state index in [4.69, 9.17) is 4.74 Å². The Hall–Kier alpha value is -2.21. The van der Waals surface area contributed by atoms with Gasteiger partial charge in [-0.25, -0.2) is 8.78 Å². The van der Waals surface area contributed by atoms with Crippen LogP contribution in [0.3, 0.4) is 0 Å². The second kappa shape index (κ2) is 8.45. The fourth-order valence-corrected chi connectivity index (χ4v) is 3.59. The number of aromatic amines is 1. The molecular weight excluding hydrogens is 338 g/mol. The average molecular weight is 362 g/mol. The number of methoxy groups -OCH3 is 1. The van der Waals surface area contributed by atoms with Crippen molar-refractivity contribution in [2.45, 2.75) is 32.2 Å². The lowest BCUT2D eigenvalue weighted by molar-refractivity contribution is 0.160. The minimum atomic E-state index is -0.800. The maximum Gasteiger partial charge on any atom is 0.223 e. The molecule has 3 rings (SSSR count). The van der Waals surface area contributed by atoms with Crippen molar-refractivity contribution in [1.29, 1.82) is 0 Å². The highest BCUT2D eigenvalue weighted by Crippen LogP contribution is 2.23. The molecule has 1 aromatic heterocycles. The van der Waals surface area contributed by atoms with Crippen molar-refractivity contribution in [1.82, 2.24) is 9.88 Å². The summed E-state index contributed by atoms with van der Waals surface area (Å²) in [4.78, 5) is 17.3. The van der Waals surface area contributed by atoms with E-state index >= 15 is 0 Å². The lowest BCUT2D eigenvalue weighted by Gasteiger charge is -2.32. The number of piperidine rings is 1. The summed E-state index contributed by atoms with van der Waals surface area (Å²) in [5.74, 6) is -0.749. The molecule has 0 saturated carbocycles. The van der Waals surface area contributed by atoms with Crippen LogP contribution in [0.25, 0.3) is 0 Å². The van der Waals surface area contributed by atoms with Crippen molar-refractivity contribution in [3.63, 3.8) is 0 Å². The Kier molecular flexibility index (Phi) is 6.04. The highest BCUT2D eigenvalue weighted by atomic mass is 19.2.